The molecule has 0 atom stereocenters. The van der Waals surface area contributed by atoms with E-state index >= 15 is 0 Å². The molecule has 2 aliphatic rings. The number of hydrogen-bond donors (Lipinski definition) is 0. The zero-order valence-corrected chi connectivity index (χ0v) is 15.7. The van der Waals surface area contributed by atoms with Gasteiger partial charge in [0.15, 0.2) is 16.7 Å². The van der Waals surface area contributed by atoms with Gasteiger partial charge in [0.1, 0.15) is 5.70 Å². The van der Waals surface area contributed by atoms with Crippen LogP contribution in [0.2, 0.25) is 0 Å². The number of ether oxygens (including phenoxy) is 2. The molecule has 5 nitrogen and oxygen atoms in total. The third-order valence-electron chi connectivity index (χ3n) is 4.16. The summed E-state index contributed by atoms with van der Waals surface area (Å²) < 4.78 is 36.1. The molecule has 0 aromatic heterocycles. The number of carbonyl (C=O) groups is 1. The quantitative estimate of drug-likeness (QED) is 0.709. The number of carbonyl (C=O) groups excluding carboxylic acids is 1. The largest absolute Gasteiger partial charge is 0.454 e. The van der Waals surface area contributed by atoms with Crippen LogP contribution in [0.5, 0.6) is 11.5 Å². The number of rotatable bonds is 4. The summed E-state index contributed by atoms with van der Waals surface area (Å²) in [6.07, 6.45) is -0.883. The lowest BCUT2D eigenvalue weighted by atomic mass is 10.1. The highest BCUT2D eigenvalue weighted by atomic mass is 32.2. The lowest BCUT2D eigenvalue weighted by molar-refractivity contribution is -0.113. The van der Waals surface area contributed by atoms with Gasteiger partial charge in [-0.1, -0.05) is 35.5 Å². The van der Waals surface area contributed by atoms with Gasteiger partial charge in [0.2, 0.25) is 13.2 Å². The zero-order valence-electron chi connectivity index (χ0n) is 14.9. The Morgan fingerprint density at radius 2 is 1.93 bits per heavy atom. The Hall–Kier alpha value is -2.87. The number of nitrogens with zero attached hydrogens (tertiary/aromatic N) is 2. The number of aryl methyl sites for hydroxylation is 1. The van der Waals surface area contributed by atoms with Crippen molar-refractivity contribution in [2.45, 2.75) is 13.3 Å². The molecule has 0 fully saturated rings. The van der Waals surface area contributed by atoms with Gasteiger partial charge in [-0.25, -0.2) is 13.8 Å². The van der Waals surface area contributed by atoms with Crippen LogP contribution in [0.1, 0.15) is 11.1 Å². The number of aliphatic imine (C=N–C) groups is 1. The molecule has 2 aliphatic heterocycles. The first kappa shape index (κ1) is 18.5. The van der Waals surface area contributed by atoms with Crippen molar-refractivity contribution >= 4 is 34.6 Å². The maximum absolute atomic E-state index is 13.0. The standard InChI is InChI=1S/C20H16F2N2O3S/c1-12-2-5-14(6-3-12)24-19(25)15(23-20(24)28-10-18(21)22)8-13-4-7-16-17(9-13)27-11-26-16/h2-9,18H,10-11H2,1H3. The Kier molecular flexibility index (Phi) is 5.04. The van der Waals surface area contributed by atoms with Gasteiger partial charge in [0, 0.05) is 0 Å². The van der Waals surface area contributed by atoms with E-state index in [1.165, 1.54) is 4.90 Å². The first-order valence-corrected chi connectivity index (χ1v) is 9.52. The van der Waals surface area contributed by atoms with Crippen molar-refractivity contribution in [1.82, 2.24) is 0 Å². The van der Waals surface area contributed by atoms with Crippen LogP contribution < -0.4 is 14.4 Å². The van der Waals surface area contributed by atoms with Crippen LogP contribution >= 0.6 is 11.8 Å². The fourth-order valence-corrected chi connectivity index (χ4v) is 3.57. The molecule has 0 radical (unpaired) electrons. The van der Waals surface area contributed by atoms with Crippen molar-refractivity contribution < 1.29 is 23.0 Å². The molecule has 0 spiro atoms. The second-order valence-electron chi connectivity index (χ2n) is 6.21. The Morgan fingerprint density at radius 1 is 1.18 bits per heavy atom. The number of anilines is 1. The molecule has 28 heavy (non-hydrogen) atoms. The van der Waals surface area contributed by atoms with E-state index in [9.17, 15) is 13.6 Å². The summed E-state index contributed by atoms with van der Waals surface area (Å²) in [5.41, 5.74) is 2.51. The fourth-order valence-electron chi connectivity index (χ4n) is 2.81. The second-order valence-corrected chi connectivity index (χ2v) is 7.20. The van der Waals surface area contributed by atoms with Gasteiger partial charge in [-0.2, -0.15) is 0 Å². The maximum Gasteiger partial charge on any atom is 0.283 e. The summed E-state index contributed by atoms with van der Waals surface area (Å²) in [6, 6.07) is 12.5. The van der Waals surface area contributed by atoms with E-state index in [1.807, 2.05) is 19.1 Å². The van der Waals surface area contributed by atoms with Crippen LogP contribution in [0, 0.1) is 6.92 Å². The summed E-state index contributed by atoms with van der Waals surface area (Å²) in [7, 11) is 0. The first-order valence-electron chi connectivity index (χ1n) is 8.53. The van der Waals surface area contributed by atoms with E-state index < -0.39 is 12.2 Å². The number of fused-ring (bicyclic) bond motifs is 1. The molecule has 4 rings (SSSR count). The highest BCUT2D eigenvalue weighted by Gasteiger charge is 2.32. The molecular formula is C20H16F2N2O3S. The van der Waals surface area contributed by atoms with E-state index in [0.29, 0.717) is 22.7 Å². The Labute approximate surface area is 164 Å². The molecule has 144 valence electrons. The van der Waals surface area contributed by atoms with Gasteiger partial charge >= 0.3 is 0 Å². The number of halogens is 2. The van der Waals surface area contributed by atoms with Crippen LogP contribution in [0.4, 0.5) is 14.5 Å². The molecular weight excluding hydrogens is 386 g/mol. The summed E-state index contributed by atoms with van der Waals surface area (Å²) >= 11 is 0.857. The molecule has 2 aromatic carbocycles. The minimum atomic E-state index is -2.50. The number of hydrogen-bond acceptors (Lipinski definition) is 5. The van der Waals surface area contributed by atoms with Gasteiger partial charge in [0.05, 0.1) is 11.4 Å². The zero-order chi connectivity index (χ0) is 19.7. The number of benzene rings is 2. The van der Waals surface area contributed by atoms with Crippen LogP contribution in [0.25, 0.3) is 6.08 Å². The molecule has 1 amide bonds. The van der Waals surface area contributed by atoms with Crippen molar-refractivity contribution in [3.05, 3.63) is 59.3 Å². The number of amidine groups is 1. The van der Waals surface area contributed by atoms with E-state index in [1.54, 1.807) is 36.4 Å². The van der Waals surface area contributed by atoms with E-state index in [2.05, 4.69) is 4.99 Å². The van der Waals surface area contributed by atoms with Gasteiger partial charge in [-0.3, -0.25) is 9.69 Å². The summed E-state index contributed by atoms with van der Waals surface area (Å²) in [5.74, 6) is 0.425. The van der Waals surface area contributed by atoms with Crippen molar-refractivity contribution in [3.63, 3.8) is 0 Å². The smallest absolute Gasteiger partial charge is 0.283 e. The summed E-state index contributed by atoms with van der Waals surface area (Å²) in [5, 5.41) is 0.237. The van der Waals surface area contributed by atoms with Crippen molar-refractivity contribution in [2.24, 2.45) is 4.99 Å². The van der Waals surface area contributed by atoms with Gasteiger partial charge in [0.25, 0.3) is 5.91 Å². The predicted octanol–water partition coefficient (Wildman–Crippen LogP) is 4.47. The molecule has 0 bridgehead atoms. The van der Waals surface area contributed by atoms with Crippen LogP contribution in [0.15, 0.2) is 53.2 Å². The molecule has 0 saturated carbocycles. The molecule has 0 unspecified atom stereocenters. The average Bonchev–Trinajstić information content (AvgIpc) is 3.25. The maximum atomic E-state index is 13.0. The Bertz CT molecular complexity index is 974. The third-order valence-corrected chi connectivity index (χ3v) is 5.11. The Morgan fingerprint density at radius 3 is 2.68 bits per heavy atom. The molecule has 0 saturated heterocycles. The van der Waals surface area contributed by atoms with Gasteiger partial charge < -0.3 is 9.47 Å². The first-order chi connectivity index (χ1) is 13.5. The van der Waals surface area contributed by atoms with Crippen molar-refractivity contribution in [1.29, 1.82) is 0 Å². The topological polar surface area (TPSA) is 51.1 Å². The summed E-state index contributed by atoms with van der Waals surface area (Å²) in [6.45, 7) is 2.09. The number of thioether (sulfide) groups is 1. The average molecular weight is 402 g/mol. The molecule has 0 aliphatic carbocycles. The van der Waals surface area contributed by atoms with E-state index in [0.717, 1.165) is 17.3 Å². The van der Waals surface area contributed by atoms with Crippen molar-refractivity contribution in [3.8, 4) is 11.5 Å². The second kappa shape index (κ2) is 7.63. The van der Waals surface area contributed by atoms with Gasteiger partial charge in [-0.05, 0) is 42.8 Å². The van der Waals surface area contributed by atoms with E-state index in [4.69, 9.17) is 9.47 Å². The lowest BCUT2D eigenvalue weighted by Gasteiger charge is -2.17. The van der Waals surface area contributed by atoms with Crippen LogP contribution in [-0.4, -0.2) is 30.0 Å². The number of amides is 1. The minimum Gasteiger partial charge on any atom is -0.454 e. The minimum absolute atomic E-state index is 0.155. The Balaban J connectivity index is 1.67. The molecule has 2 aromatic rings. The van der Waals surface area contributed by atoms with Crippen molar-refractivity contribution in [2.75, 3.05) is 17.4 Å². The molecule has 2 heterocycles. The van der Waals surface area contributed by atoms with E-state index in [-0.39, 0.29) is 23.6 Å². The lowest BCUT2D eigenvalue weighted by Crippen LogP contribution is -2.30. The third kappa shape index (κ3) is 3.73. The highest BCUT2D eigenvalue weighted by Crippen LogP contribution is 2.34. The highest BCUT2D eigenvalue weighted by molar-refractivity contribution is 8.14. The summed E-state index contributed by atoms with van der Waals surface area (Å²) in [4.78, 5) is 18.7. The van der Waals surface area contributed by atoms with Crippen LogP contribution in [0.3, 0.4) is 0 Å². The number of alkyl halides is 2. The SMILES string of the molecule is Cc1ccc(N2C(=O)C(=Cc3ccc4c(c3)OCO4)N=C2SCC(F)F)cc1. The fraction of sp³-hybridized carbons (Fsp3) is 0.200. The molecule has 0 N–H and O–H groups in total. The van der Waals surface area contributed by atoms with Crippen LogP contribution in [-0.2, 0) is 4.79 Å². The normalized spacial score (nSPS) is 17.0. The molecule has 8 heteroatoms. The predicted molar refractivity (Wildman–Crippen MR) is 105 cm³/mol. The monoisotopic (exact) mass is 402 g/mol. The van der Waals surface area contributed by atoms with Gasteiger partial charge in [-0.15, -0.1) is 0 Å².